The van der Waals surface area contributed by atoms with Crippen LogP contribution in [0, 0.1) is 6.92 Å². The summed E-state index contributed by atoms with van der Waals surface area (Å²) >= 11 is 3.39. The maximum atomic E-state index is 12.0. The summed E-state index contributed by atoms with van der Waals surface area (Å²) in [5.74, 6) is -0.0248. The number of aryl methyl sites for hydroxylation is 1. The van der Waals surface area contributed by atoms with Crippen molar-refractivity contribution < 1.29 is 8.42 Å². The quantitative estimate of drug-likeness (QED) is 0.922. The summed E-state index contributed by atoms with van der Waals surface area (Å²) in [6, 6.07) is 14.5. The van der Waals surface area contributed by atoms with Crippen LogP contribution in [0.1, 0.15) is 11.1 Å². The average Bonchev–Trinajstić information content (AvgIpc) is 2.34. The van der Waals surface area contributed by atoms with Gasteiger partial charge in [-0.3, -0.25) is 4.72 Å². The number of benzene rings is 2. The van der Waals surface area contributed by atoms with E-state index in [-0.39, 0.29) is 5.75 Å². The van der Waals surface area contributed by atoms with Gasteiger partial charge in [0.2, 0.25) is 10.0 Å². The lowest BCUT2D eigenvalue weighted by Gasteiger charge is -2.09. The Kier molecular flexibility index (Phi) is 4.27. The molecule has 2 aromatic rings. The first-order valence-electron chi connectivity index (χ1n) is 5.77. The lowest BCUT2D eigenvalue weighted by atomic mass is 10.2. The van der Waals surface area contributed by atoms with Crippen molar-refractivity contribution >= 4 is 31.6 Å². The molecule has 0 radical (unpaired) electrons. The Balaban J connectivity index is 2.15. The molecule has 0 heterocycles. The Morgan fingerprint density at radius 3 is 2.42 bits per heavy atom. The van der Waals surface area contributed by atoms with Crippen molar-refractivity contribution in [2.45, 2.75) is 12.7 Å². The fraction of sp³-hybridized carbons (Fsp3) is 0.143. The summed E-state index contributed by atoms with van der Waals surface area (Å²) in [4.78, 5) is 0. The van der Waals surface area contributed by atoms with Gasteiger partial charge in [0.05, 0.1) is 5.75 Å². The van der Waals surface area contributed by atoms with Crippen molar-refractivity contribution in [3.8, 4) is 0 Å². The number of hydrogen-bond acceptors (Lipinski definition) is 2. The van der Waals surface area contributed by atoms with Gasteiger partial charge in [0.25, 0.3) is 0 Å². The molecule has 2 aromatic carbocycles. The average molecular weight is 340 g/mol. The van der Waals surface area contributed by atoms with E-state index < -0.39 is 10.0 Å². The Labute approximate surface area is 121 Å². The molecule has 0 amide bonds. The van der Waals surface area contributed by atoms with Gasteiger partial charge in [-0.2, -0.15) is 0 Å². The van der Waals surface area contributed by atoms with Crippen LogP contribution in [0.25, 0.3) is 0 Å². The van der Waals surface area contributed by atoms with Crippen LogP contribution >= 0.6 is 15.9 Å². The molecular weight excluding hydrogens is 326 g/mol. The van der Waals surface area contributed by atoms with E-state index in [1.54, 1.807) is 24.3 Å². The van der Waals surface area contributed by atoms with Gasteiger partial charge in [0, 0.05) is 10.2 Å². The molecule has 0 aliphatic heterocycles. The molecule has 0 aromatic heterocycles. The van der Waals surface area contributed by atoms with Crippen LogP contribution in [0.5, 0.6) is 0 Å². The molecular formula is C14H14BrNO2S. The SMILES string of the molecule is Cc1cc(NS(=O)(=O)Cc2ccccc2)ccc1Br. The molecule has 0 aliphatic rings. The third kappa shape index (κ3) is 4.08. The maximum absolute atomic E-state index is 12.0. The minimum atomic E-state index is -3.38. The molecule has 0 saturated heterocycles. The van der Waals surface area contributed by atoms with Gasteiger partial charge in [-0.1, -0.05) is 46.3 Å². The first-order chi connectivity index (χ1) is 8.96. The molecule has 100 valence electrons. The van der Waals surface area contributed by atoms with Gasteiger partial charge in [0.1, 0.15) is 0 Å². The third-order valence-corrected chi connectivity index (χ3v) is 4.78. The molecule has 0 saturated carbocycles. The highest BCUT2D eigenvalue weighted by atomic mass is 79.9. The molecule has 19 heavy (non-hydrogen) atoms. The number of anilines is 1. The van der Waals surface area contributed by atoms with Crippen molar-refractivity contribution in [1.82, 2.24) is 0 Å². The van der Waals surface area contributed by atoms with Gasteiger partial charge in [-0.25, -0.2) is 8.42 Å². The largest absolute Gasteiger partial charge is 0.283 e. The summed E-state index contributed by atoms with van der Waals surface area (Å²) in [6.07, 6.45) is 0. The molecule has 0 unspecified atom stereocenters. The van der Waals surface area contributed by atoms with Crippen LogP contribution in [0.3, 0.4) is 0 Å². The summed E-state index contributed by atoms with van der Waals surface area (Å²) in [5.41, 5.74) is 2.33. The zero-order valence-corrected chi connectivity index (χ0v) is 12.8. The number of rotatable bonds is 4. The second kappa shape index (κ2) is 5.75. The van der Waals surface area contributed by atoms with Crippen molar-refractivity contribution in [2.24, 2.45) is 0 Å². The fourth-order valence-electron chi connectivity index (χ4n) is 1.72. The van der Waals surface area contributed by atoms with Crippen LogP contribution in [-0.2, 0) is 15.8 Å². The first-order valence-corrected chi connectivity index (χ1v) is 8.21. The normalized spacial score (nSPS) is 11.3. The van der Waals surface area contributed by atoms with Gasteiger partial charge in [-0.05, 0) is 36.2 Å². The zero-order valence-electron chi connectivity index (χ0n) is 10.4. The van der Waals surface area contributed by atoms with Gasteiger partial charge < -0.3 is 0 Å². The summed E-state index contributed by atoms with van der Waals surface area (Å²) in [7, 11) is -3.38. The van der Waals surface area contributed by atoms with E-state index in [0.717, 1.165) is 15.6 Å². The summed E-state index contributed by atoms with van der Waals surface area (Å²) < 4.78 is 27.6. The summed E-state index contributed by atoms with van der Waals surface area (Å²) in [6.45, 7) is 1.92. The second-order valence-corrected chi connectivity index (χ2v) is 6.89. The van der Waals surface area contributed by atoms with Crippen molar-refractivity contribution in [3.63, 3.8) is 0 Å². The van der Waals surface area contributed by atoms with Gasteiger partial charge in [-0.15, -0.1) is 0 Å². The number of hydrogen-bond donors (Lipinski definition) is 1. The van der Waals surface area contributed by atoms with E-state index in [1.165, 1.54) is 0 Å². The van der Waals surface area contributed by atoms with E-state index in [0.29, 0.717) is 5.69 Å². The van der Waals surface area contributed by atoms with E-state index >= 15 is 0 Å². The molecule has 0 fully saturated rings. The number of nitrogens with one attached hydrogen (secondary N) is 1. The van der Waals surface area contributed by atoms with E-state index in [9.17, 15) is 8.42 Å². The predicted molar refractivity (Wildman–Crippen MR) is 81.6 cm³/mol. The highest BCUT2D eigenvalue weighted by Gasteiger charge is 2.11. The highest BCUT2D eigenvalue weighted by molar-refractivity contribution is 9.10. The van der Waals surface area contributed by atoms with Crippen molar-refractivity contribution in [2.75, 3.05) is 4.72 Å². The third-order valence-electron chi connectivity index (χ3n) is 2.63. The predicted octanol–water partition coefficient (Wildman–Crippen LogP) is 3.70. The van der Waals surface area contributed by atoms with Crippen LogP contribution in [-0.4, -0.2) is 8.42 Å². The Bertz CT molecular complexity index is 669. The Morgan fingerprint density at radius 1 is 1.11 bits per heavy atom. The molecule has 0 aliphatic carbocycles. The molecule has 0 atom stereocenters. The van der Waals surface area contributed by atoms with E-state index in [2.05, 4.69) is 20.7 Å². The molecule has 3 nitrogen and oxygen atoms in total. The monoisotopic (exact) mass is 339 g/mol. The Morgan fingerprint density at radius 2 is 1.79 bits per heavy atom. The van der Waals surface area contributed by atoms with Crippen molar-refractivity contribution in [1.29, 1.82) is 0 Å². The number of halogens is 1. The molecule has 2 rings (SSSR count). The van der Waals surface area contributed by atoms with Crippen LogP contribution < -0.4 is 4.72 Å². The van der Waals surface area contributed by atoms with Crippen molar-refractivity contribution in [3.05, 3.63) is 64.1 Å². The minimum absolute atomic E-state index is 0.0248. The van der Waals surface area contributed by atoms with E-state index in [4.69, 9.17) is 0 Å². The van der Waals surface area contributed by atoms with Gasteiger partial charge >= 0.3 is 0 Å². The smallest absolute Gasteiger partial charge is 0.236 e. The van der Waals surface area contributed by atoms with Gasteiger partial charge in [0.15, 0.2) is 0 Å². The number of sulfonamides is 1. The van der Waals surface area contributed by atoms with Crippen LogP contribution in [0.15, 0.2) is 53.0 Å². The molecule has 1 N–H and O–H groups in total. The minimum Gasteiger partial charge on any atom is -0.283 e. The standard InChI is InChI=1S/C14H14BrNO2S/c1-11-9-13(7-8-14(11)15)16-19(17,18)10-12-5-3-2-4-6-12/h2-9,16H,10H2,1H3. The molecule has 0 bridgehead atoms. The topological polar surface area (TPSA) is 46.2 Å². The van der Waals surface area contributed by atoms with Crippen LogP contribution in [0.2, 0.25) is 0 Å². The summed E-state index contributed by atoms with van der Waals surface area (Å²) in [5, 5.41) is 0. The molecule has 0 spiro atoms. The fourth-order valence-corrected chi connectivity index (χ4v) is 3.15. The zero-order chi connectivity index (χ0) is 13.9. The first kappa shape index (κ1) is 14.1. The van der Waals surface area contributed by atoms with E-state index in [1.807, 2.05) is 31.2 Å². The maximum Gasteiger partial charge on any atom is 0.236 e. The Hall–Kier alpha value is -1.33. The highest BCUT2D eigenvalue weighted by Crippen LogP contribution is 2.21. The second-order valence-electron chi connectivity index (χ2n) is 4.31. The lowest BCUT2D eigenvalue weighted by Crippen LogP contribution is -2.15. The lowest BCUT2D eigenvalue weighted by molar-refractivity contribution is 0.600. The van der Waals surface area contributed by atoms with Crippen LogP contribution in [0.4, 0.5) is 5.69 Å². The molecule has 5 heteroatoms.